The van der Waals surface area contributed by atoms with Crippen LogP contribution in [0.5, 0.6) is 0 Å². The molecule has 3 aromatic rings. The third kappa shape index (κ3) is 2.55. The van der Waals surface area contributed by atoms with E-state index in [2.05, 4.69) is 31.4 Å². The van der Waals surface area contributed by atoms with Crippen molar-refractivity contribution in [3.63, 3.8) is 0 Å². The SMILES string of the molecule is O=C(Nc1ccc2[nH]ncc2c1)c1ccc(Cl)cc1Br. The molecule has 0 saturated heterocycles. The number of carbonyl (C=O) groups is 1. The quantitative estimate of drug-likeness (QED) is 0.726. The Balaban J connectivity index is 1.87. The summed E-state index contributed by atoms with van der Waals surface area (Å²) in [6.45, 7) is 0. The summed E-state index contributed by atoms with van der Waals surface area (Å²) in [4.78, 5) is 12.2. The molecule has 0 unspecified atom stereocenters. The van der Waals surface area contributed by atoms with E-state index in [1.807, 2.05) is 18.2 Å². The van der Waals surface area contributed by atoms with E-state index in [9.17, 15) is 4.79 Å². The van der Waals surface area contributed by atoms with Crippen LogP contribution in [0.1, 0.15) is 10.4 Å². The average Bonchev–Trinajstić information content (AvgIpc) is 2.85. The van der Waals surface area contributed by atoms with Gasteiger partial charge in [-0.05, 0) is 52.3 Å². The van der Waals surface area contributed by atoms with Gasteiger partial charge in [-0.3, -0.25) is 9.89 Å². The van der Waals surface area contributed by atoms with Crippen molar-refractivity contribution in [3.8, 4) is 0 Å². The molecule has 0 bridgehead atoms. The number of carbonyl (C=O) groups excluding carboxylic acids is 1. The molecule has 0 saturated carbocycles. The average molecular weight is 351 g/mol. The molecule has 2 aromatic carbocycles. The van der Waals surface area contributed by atoms with Gasteiger partial charge in [0.05, 0.1) is 17.3 Å². The van der Waals surface area contributed by atoms with Crippen LogP contribution in [0.15, 0.2) is 47.1 Å². The number of amides is 1. The number of hydrogen-bond donors (Lipinski definition) is 2. The number of H-pyrrole nitrogens is 1. The van der Waals surface area contributed by atoms with Crippen LogP contribution in [0, 0.1) is 0 Å². The Morgan fingerprint density at radius 3 is 2.90 bits per heavy atom. The molecule has 0 aliphatic heterocycles. The van der Waals surface area contributed by atoms with Gasteiger partial charge in [-0.2, -0.15) is 5.10 Å². The predicted octanol–water partition coefficient (Wildman–Crippen LogP) is 4.23. The highest BCUT2D eigenvalue weighted by molar-refractivity contribution is 9.10. The number of halogens is 2. The Labute approximate surface area is 128 Å². The number of nitrogens with one attached hydrogen (secondary N) is 2. The molecular formula is C14H9BrClN3O. The van der Waals surface area contributed by atoms with Crippen molar-refractivity contribution in [1.29, 1.82) is 0 Å². The van der Waals surface area contributed by atoms with Crippen molar-refractivity contribution in [2.24, 2.45) is 0 Å². The number of anilines is 1. The molecular weight excluding hydrogens is 342 g/mol. The second-order valence-corrected chi connectivity index (χ2v) is 5.54. The van der Waals surface area contributed by atoms with Gasteiger partial charge in [0.2, 0.25) is 0 Å². The normalized spacial score (nSPS) is 10.7. The molecule has 4 nitrogen and oxygen atoms in total. The van der Waals surface area contributed by atoms with Crippen LogP contribution >= 0.6 is 27.5 Å². The van der Waals surface area contributed by atoms with Crippen molar-refractivity contribution in [3.05, 3.63) is 57.7 Å². The third-order valence-electron chi connectivity index (χ3n) is 2.87. The fourth-order valence-electron chi connectivity index (χ4n) is 1.89. The predicted molar refractivity (Wildman–Crippen MR) is 83.2 cm³/mol. The van der Waals surface area contributed by atoms with E-state index in [1.165, 1.54) is 0 Å². The fourth-order valence-corrected chi connectivity index (χ4v) is 2.76. The summed E-state index contributed by atoms with van der Waals surface area (Å²) in [5.74, 6) is -0.198. The van der Waals surface area contributed by atoms with Gasteiger partial charge in [0.25, 0.3) is 5.91 Å². The molecule has 1 aromatic heterocycles. The molecule has 0 aliphatic carbocycles. The summed E-state index contributed by atoms with van der Waals surface area (Å²) in [5, 5.41) is 11.2. The lowest BCUT2D eigenvalue weighted by molar-refractivity contribution is 0.102. The highest BCUT2D eigenvalue weighted by Gasteiger charge is 2.11. The zero-order valence-corrected chi connectivity index (χ0v) is 12.5. The van der Waals surface area contributed by atoms with E-state index in [0.29, 0.717) is 20.7 Å². The monoisotopic (exact) mass is 349 g/mol. The molecule has 2 N–H and O–H groups in total. The molecule has 100 valence electrons. The van der Waals surface area contributed by atoms with E-state index in [4.69, 9.17) is 11.6 Å². The first-order chi connectivity index (χ1) is 9.63. The first kappa shape index (κ1) is 13.1. The van der Waals surface area contributed by atoms with Crippen LogP contribution in [0.2, 0.25) is 5.02 Å². The van der Waals surface area contributed by atoms with Crippen molar-refractivity contribution in [1.82, 2.24) is 10.2 Å². The first-order valence-corrected chi connectivity index (χ1v) is 7.00. The Bertz CT molecular complexity index is 800. The van der Waals surface area contributed by atoms with E-state index in [1.54, 1.807) is 24.4 Å². The molecule has 20 heavy (non-hydrogen) atoms. The summed E-state index contributed by atoms with van der Waals surface area (Å²) in [6, 6.07) is 10.6. The Kier molecular flexibility index (Phi) is 3.46. The third-order valence-corrected chi connectivity index (χ3v) is 3.77. The highest BCUT2D eigenvalue weighted by Crippen LogP contribution is 2.23. The summed E-state index contributed by atoms with van der Waals surface area (Å²) in [6.07, 6.45) is 1.71. The topological polar surface area (TPSA) is 57.8 Å². The van der Waals surface area contributed by atoms with Crippen molar-refractivity contribution >= 4 is 50.0 Å². The number of fused-ring (bicyclic) bond motifs is 1. The lowest BCUT2D eigenvalue weighted by Gasteiger charge is -2.07. The minimum Gasteiger partial charge on any atom is -0.322 e. The Morgan fingerprint density at radius 2 is 2.10 bits per heavy atom. The second-order valence-electron chi connectivity index (χ2n) is 4.25. The number of hydrogen-bond acceptors (Lipinski definition) is 2. The van der Waals surface area contributed by atoms with Gasteiger partial charge in [0.15, 0.2) is 0 Å². The summed E-state index contributed by atoms with van der Waals surface area (Å²) >= 11 is 9.20. The zero-order valence-electron chi connectivity index (χ0n) is 10.2. The molecule has 1 heterocycles. The van der Waals surface area contributed by atoms with Gasteiger partial charge >= 0.3 is 0 Å². The van der Waals surface area contributed by atoms with Crippen LogP contribution in [0.4, 0.5) is 5.69 Å². The summed E-state index contributed by atoms with van der Waals surface area (Å²) < 4.78 is 0.659. The van der Waals surface area contributed by atoms with Gasteiger partial charge < -0.3 is 5.32 Å². The molecule has 0 fully saturated rings. The van der Waals surface area contributed by atoms with Crippen LogP contribution in [-0.2, 0) is 0 Å². The Hall–Kier alpha value is -1.85. The van der Waals surface area contributed by atoms with Gasteiger partial charge in [-0.1, -0.05) is 11.6 Å². The number of rotatable bonds is 2. The highest BCUT2D eigenvalue weighted by atomic mass is 79.9. The number of aromatic nitrogens is 2. The molecule has 1 amide bonds. The van der Waals surface area contributed by atoms with Crippen LogP contribution in [-0.4, -0.2) is 16.1 Å². The second kappa shape index (κ2) is 5.26. The minimum absolute atomic E-state index is 0.198. The van der Waals surface area contributed by atoms with Gasteiger partial charge in [0, 0.05) is 20.6 Å². The zero-order chi connectivity index (χ0) is 14.1. The molecule has 0 aliphatic rings. The van der Waals surface area contributed by atoms with Gasteiger partial charge in [-0.25, -0.2) is 0 Å². The van der Waals surface area contributed by atoms with Crippen molar-refractivity contribution in [2.45, 2.75) is 0 Å². The van der Waals surface area contributed by atoms with Crippen LogP contribution in [0.25, 0.3) is 10.9 Å². The summed E-state index contributed by atoms with van der Waals surface area (Å²) in [5.41, 5.74) is 2.17. The molecule has 3 rings (SSSR count). The van der Waals surface area contributed by atoms with Gasteiger partial charge in [0.1, 0.15) is 0 Å². The first-order valence-electron chi connectivity index (χ1n) is 5.83. The van der Waals surface area contributed by atoms with Crippen LogP contribution in [0.3, 0.4) is 0 Å². The van der Waals surface area contributed by atoms with E-state index >= 15 is 0 Å². The number of benzene rings is 2. The largest absolute Gasteiger partial charge is 0.322 e. The number of nitrogens with zero attached hydrogens (tertiary/aromatic N) is 1. The molecule has 0 spiro atoms. The van der Waals surface area contributed by atoms with Gasteiger partial charge in [-0.15, -0.1) is 0 Å². The maximum absolute atomic E-state index is 12.2. The summed E-state index contributed by atoms with van der Waals surface area (Å²) in [7, 11) is 0. The van der Waals surface area contributed by atoms with Crippen LogP contribution < -0.4 is 5.32 Å². The lowest BCUT2D eigenvalue weighted by atomic mass is 10.2. The lowest BCUT2D eigenvalue weighted by Crippen LogP contribution is -2.12. The maximum atomic E-state index is 12.2. The van der Waals surface area contributed by atoms with E-state index in [-0.39, 0.29) is 5.91 Å². The molecule has 6 heteroatoms. The fraction of sp³-hybridized carbons (Fsp3) is 0. The van der Waals surface area contributed by atoms with Crippen molar-refractivity contribution < 1.29 is 4.79 Å². The van der Waals surface area contributed by atoms with E-state index in [0.717, 1.165) is 10.9 Å². The Morgan fingerprint density at radius 1 is 1.25 bits per heavy atom. The smallest absolute Gasteiger partial charge is 0.256 e. The molecule has 0 atom stereocenters. The standard InChI is InChI=1S/C14H9BrClN3O/c15-12-6-9(16)1-3-11(12)14(20)18-10-2-4-13-8(5-10)7-17-19-13/h1-7H,(H,17,19)(H,18,20). The maximum Gasteiger partial charge on any atom is 0.256 e. The van der Waals surface area contributed by atoms with E-state index < -0.39 is 0 Å². The van der Waals surface area contributed by atoms with Crippen molar-refractivity contribution in [2.75, 3.05) is 5.32 Å². The minimum atomic E-state index is -0.198. The number of aromatic amines is 1. The molecule has 0 radical (unpaired) electrons.